The molecule has 2 heterocycles. The van der Waals surface area contributed by atoms with Crippen LogP contribution in [0.5, 0.6) is 11.5 Å². The molecule has 2 aromatic carbocycles. The molecule has 4 rings (SSSR count). The smallest absolute Gasteiger partial charge is 0.343 e. The average molecular weight is 371 g/mol. The topological polar surface area (TPSA) is 65.5 Å². The highest BCUT2D eigenvalue weighted by Crippen LogP contribution is 2.37. The van der Waals surface area contributed by atoms with E-state index in [1.807, 2.05) is 19.1 Å². The number of esters is 1. The number of rotatable bonds is 3. The number of ketones is 1. The van der Waals surface area contributed by atoms with E-state index in [0.29, 0.717) is 33.9 Å². The maximum absolute atomic E-state index is 12.7. The average Bonchev–Trinajstić information content (AvgIpc) is 2.98. The maximum atomic E-state index is 12.7. The minimum atomic E-state index is -0.461. The number of hydrogen-bond donors (Lipinski definition) is 0. The number of fused-ring (bicyclic) bond motifs is 1. The van der Waals surface area contributed by atoms with E-state index in [2.05, 4.69) is 4.98 Å². The molecule has 0 atom stereocenters. The van der Waals surface area contributed by atoms with Crippen LogP contribution in [0.15, 0.2) is 66.6 Å². The summed E-state index contributed by atoms with van der Waals surface area (Å²) in [5, 5.41) is 0. The molecule has 0 aliphatic carbocycles. The van der Waals surface area contributed by atoms with Crippen molar-refractivity contribution >= 4 is 17.8 Å². The number of pyridine rings is 1. The third-order valence-electron chi connectivity index (χ3n) is 4.37. The van der Waals surface area contributed by atoms with E-state index in [1.54, 1.807) is 61.7 Å². The summed E-state index contributed by atoms with van der Waals surface area (Å²) in [4.78, 5) is 29.3. The van der Waals surface area contributed by atoms with Crippen molar-refractivity contribution in [2.24, 2.45) is 0 Å². The van der Waals surface area contributed by atoms with Gasteiger partial charge < -0.3 is 9.47 Å². The summed E-state index contributed by atoms with van der Waals surface area (Å²) in [6.07, 6.45) is 3.24. The lowest BCUT2D eigenvalue weighted by Crippen LogP contribution is -2.09. The van der Waals surface area contributed by atoms with E-state index >= 15 is 0 Å². The lowest BCUT2D eigenvalue weighted by atomic mass is 10.0. The van der Waals surface area contributed by atoms with Gasteiger partial charge >= 0.3 is 5.97 Å². The standard InChI is InChI=1S/C23H17NO4/c1-14-6-5-7-16(10-14)23(26)27-18-11-15(2)21-19(13-18)28-20(22(21)25)12-17-8-3-4-9-24-17/h3-13H,1-2H3/b20-12-. The Morgan fingerprint density at radius 3 is 2.68 bits per heavy atom. The van der Waals surface area contributed by atoms with E-state index in [-0.39, 0.29) is 11.5 Å². The normalized spacial score (nSPS) is 13.9. The summed E-state index contributed by atoms with van der Waals surface area (Å²) in [6.45, 7) is 3.69. The van der Waals surface area contributed by atoms with Gasteiger partial charge in [0.05, 0.1) is 16.8 Å². The number of nitrogens with zero attached hydrogens (tertiary/aromatic N) is 1. The minimum Gasteiger partial charge on any atom is -0.452 e. The summed E-state index contributed by atoms with van der Waals surface area (Å²) in [6, 6.07) is 15.8. The van der Waals surface area contributed by atoms with E-state index < -0.39 is 5.97 Å². The highest BCUT2D eigenvalue weighted by molar-refractivity contribution is 6.15. The first-order chi connectivity index (χ1) is 13.5. The largest absolute Gasteiger partial charge is 0.452 e. The number of aromatic nitrogens is 1. The molecule has 0 spiro atoms. The SMILES string of the molecule is Cc1cccc(C(=O)Oc2cc(C)c3c(c2)O/C(=C\c2ccccn2)C3=O)c1. The first kappa shape index (κ1) is 17.7. The summed E-state index contributed by atoms with van der Waals surface area (Å²) in [7, 11) is 0. The van der Waals surface area contributed by atoms with Gasteiger partial charge in [0.2, 0.25) is 5.78 Å². The summed E-state index contributed by atoms with van der Waals surface area (Å²) in [5.41, 5.74) is 3.21. The fourth-order valence-corrected chi connectivity index (χ4v) is 3.07. The van der Waals surface area contributed by atoms with Crippen LogP contribution >= 0.6 is 0 Å². The number of carbonyl (C=O) groups excluding carboxylic acids is 2. The molecular weight excluding hydrogens is 354 g/mol. The zero-order chi connectivity index (χ0) is 19.7. The molecule has 5 heteroatoms. The Balaban J connectivity index is 1.61. The van der Waals surface area contributed by atoms with Crippen molar-refractivity contribution in [3.63, 3.8) is 0 Å². The van der Waals surface area contributed by atoms with Crippen molar-refractivity contribution in [2.75, 3.05) is 0 Å². The summed E-state index contributed by atoms with van der Waals surface area (Å²) in [5.74, 6) is 0.221. The molecule has 0 saturated heterocycles. The zero-order valence-electron chi connectivity index (χ0n) is 15.4. The maximum Gasteiger partial charge on any atom is 0.343 e. The predicted molar refractivity (Wildman–Crippen MR) is 104 cm³/mol. The van der Waals surface area contributed by atoms with Gasteiger partial charge in [0.25, 0.3) is 0 Å². The molecule has 28 heavy (non-hydrogen) atoms. The first-order valence-corrected chi connectivity index (χ1v) is 8.80. The second-order valence-corrected chi connectivity index (χ2v) is 6.57. The second-order valence-electron chi connectivity index (χ2n) is 6.57. The summed E-state index contributed by atoms with van der Waals surface area (Å²) >= 11 is 0. The Labute approximate surface area is 162 Å². The number of hydrogen-bond acceptors (Lipinski definition) is 5. The fraction of sp³-hybridized carbons (Fsp3) is 0.0870. The molecule has 1 aliphatic heterocycles. The quantitative estimate of drug-likeness (QED) is 0.384. The van der Waals surface area contributed by atoms with Gasteiger partial charge in [-0.2, -0.15) is 0 Å². The molecule has 0 bridgehead atoms. The Kier molecular flexibility index (Phi) is 4.49. The van der Waals surface area contributed by atoms with Crippen molar-refractivity contribution < 1.29 is 19.1 Å². The number of ether oxygens (including phenoxy) is 2. The van der Waals surface area contributed by atoms with Crippen molar-refractivity contribution in [2.45, 2.75) is 13.8 Å². The highest BCUT2D eigenvalue weighted by atomic mass is 16.5. The third-order valence-corrected chi connectivity index (χ3v) is 4.37. The number of benzene rings is 2. The zero-order valence-corrected chi connectivity index (χ0v) is 15.4. The van der Waals surface area contributed by atoms with Crippen molar-refractivity contribution in [3.05, 3.63) is 94.5 Å². The van der Waals surface area contributed by atoms with Gasteiger partial charge in [0, 0.05) is 18.3 Å². The molecule has 0 N–H and O–H groups in total. The number of aryl methyl sites for hydroxylation is 2. The molecule has 0 radical (unpaired) electrons. The lowest BCUT2D eigenvalue weighted by Gasteiger charge is -2.08. The van der Waals surface area contributed by atoms with Crippen molar-refractivity contribution in [3.8, 4) is 11.5 Å². The van der Waals surface area contributed by atoms with Gasteiger partial charge in [-0.3, -0.25) is 9.78 Å². The van der Waals surface area contributed by atoms with E-state index in [0.717, 1.165) is 5.56 Å². The molecule has 0 unspecified atom stereocenters. The predicted octanol–water partition coefficient (Wildman–Crippen LogP) is 4.53. The van der Waals surface area contributed by atoms with Gasteiger partial charge in [-0.05, 0) is 49.7 Å². The van der Waals surface area contributed by atoms with Crippen LogP contribution in [0.4, 0.5) is 0 Å². The van der Waals surface area contributed by atoms with Gasteiger partial charge in [-0.15, -0.1) is 0 Å². The monoisotopic (exact) mass is 371 g/mol. The van der Waals surface area contributed by atoms with Gasteiger partial charge in [0.1, 0.15) is 11.5 Å². The van der Waals surface area contributed by atoms with Gasteiger partial charge in [-0.1, -0.05) is 23.8 Å². The number of carbonyl (C=O) groups is 2. The molecule has 0 saturated carbocycles. The molecular formula is C23H17NO4. The molecule has 5 nitrogen and oxygen atoms in total. The van der Waals surface area contributed by atoms with Crippen LogP contribution in [0.2, 0.25) is 0 Å². The van der Waals surface area contributed by atoms with Gasteiger partial charge in [0.15, 0.2) is 5.76 Å². The molecule has 0 amide bonds. The fourth-order valence-electron chi connectivity index (χ4n) is 3.07. The van der Waals surface area contributed by atoms with Crippen LogP contribution < -0.4 is 9.47 Å². The van der Waals surface area contributed by atoms with Crippen LogP contribution in [0.1, 0.15) is 37.5 Å². The van der Waals surface area contributed by atoms with E-state index in [9.17, 15) is 9.59 Å². The van der Waals surface area contributed by atoms with Crippen LogP contribution in [0, 0.1) is 13.8 Å². The van der Waals surface area contributed by atoms with Gasteiger partial charge in [-0.25, -0.2) is 4.79 Å². The van der Waals surface area contributed by atoms with Crippen LogP contribution in [-0.4, -0.2) is 16.7 Å². The van der Waals surface area contributed by atoms with E-state index in [4.69, 9.17) is 9.47 Å². The highest BCUT2D eigenvalue weighted by Gasteiger charge is 2.30. The minimum absolute atomic E-state index is 0.193. The molecule has 0 fully saturated rings. The van der Waals surface area contributed by atoms with Crippen LogP contribution in [-0.2, 0) is 0 Å². The Hall–Kier alpha value is -3.73. The number of Topliss-reactive ketones (excluding diaryl/α,β-unsaturated/α-hetero) is 1. The molecule has 138 valence electrons. The Morgan fingerprint density at radius 1 is 1.07 bits per heavy atom. The molecule has 3 aromatic rings. The van der Waals surface area contributed by atoms with E-state index in [1.165, 1.54) is 0 Å². The Bertz CT molecular complexity index is 1120. The summed E-state index contributed by atoms with van der Waals surface area (Å²) < 4.78 is 11.2. The molecule has 1 aliphatic rings. The lowest BCUT2D eigenvalue weighted by molar-refractivity contribution is 0.0734. The second kappa shape index (κ2) is 7.12. The van der Waals surface area contributed by atoms with Crippen LogP contribution in [0.25, 0.3) is 6.08 Å². The van der Waals surface area contributed by atoms with Crippen molar-refractivity contribution in [1.29, 1.82) is 0 Å². The first-order valence-electron chi connectivity index (χ1n) is 8.80. The third kappa shape index (κ3) is 3.42. The van der Waals surface area contributed by atoms with Crippen molar-refractivity contribution in [1.82, 2.24) is 4.98 Å². The van der Waals surface area contributed by atoms with Crippen LogP contribution in [0.3, 0.4) is 0 Å². The molecule has 1 aromatic heterocycles. The number of allylic oxidation sites excluding steroid dienone is 1. The Morgan fingerprint density at radius 2 is 1.93 bits per heavy atom.